The zero-order chi connectivity index (χ0) is 16.5. The Morgan fingerprint density at radius 1 is 1.04 bits per heavy atom. The molecule has 0 saturated heterocycles. The van der Waals surface area contributed by atoms with Crippen LogP contribution in [0.25, 0.3) is 16.7 Å². The van der Waals surface area contributed by atoms with Gasteiger partial charge in [-0.1, -0.05) is 30.3 Å². The lowest BCUT2D eigenvalue weighted by Crippen LogP contribution is -2.17. The van der Waals surface area contributed by atoms with Crippen LogP contribution in [0.4, 0.5) is 0 Å². The number of fused-ring (bicyclic) bond motifs is 1. The number of aromatic nitrogens is 4. The molecule has 0 unspecified atom stereocenters. The van der Waals surface area contributed by atoms with Crippen molar-refractivity contribution in [3.63, 3.8) is 0 Å². The number of aryl methyl sites for hydroxylation is 1. The van der Waals surface area contributed by atoms with Gasteiger partial charge in [-0.15, -0.1) is 0 Å². The van der Waals surface area contributed by atoms with Crippen LogP contribution in [0.2, 0.25) is 0 Å². The van der Waals surface area contributed by atoms with Crippen LogP contribution >= 0.6 is 0 Å². The molecular weight excluding hydrogens is 300 g/mol. The van der Waals surface area contributed by atoms with Crippen molar-refractivity contribution in [3.8, 4) is 5.69 Å². The largest absolute Gasteiger partial charge is 0.319 e. The lowest BCUT2D eigenvalue weighted by molar-refractivity contribution is 0.804. The molecule has 0 spiro atoms. The molecule has 2 aromatic carbocycles. The molecule has 2 heterocycles. The zero-order valence-corrected chi connectivity index (χ0v) is 13.2. The van der Waals surface area contributed by atoms with Crippen molar-refractivity contribution in [3.05, 3.63) is 88.1 Å². The Morgan fingerprint density at radius 2 is 1.79 bits per heavy atom. The van der Waals surface area contributed by atoms with E-state index in [0.717, 1.165) is 28.1 Å². The molecule has 1 N–H and O–H groups in total. The molecule has 4 rings (SSSR count). The van der Waals surface area contributed by atoms with Crippen molar-refractivity contribution in [2.75, 3.05) is 0 Å². The van der Waals surface area contributed by atoms with Gasteiger partial charge in [0.1, 0.15) is 5.69 Å². The standard InChI is InChI=1S/C19H16N4O/c1-13-11-15(23(22-13)14-7-3-2-4-8-14)12-18-19(24)21-17-10-6-5-9-16(17)20-18/h2-11H,12H2,1H3,(H,21,24). The van der Waals surface area contributed by atoms with Crippen molar-refractivity contribution in [2.45, 2.75) is 13.3 Å². The summed E-state index contributed by atoms with van der Waals surface area (Å²) >= 11 is 0. The molecule has 0 atom stereocenters. The van der Waals surface area contributed by atoms with E-state index < -0.39 is 0 Å². The van der Waals surface area contributed by atoms with Crippen molar-refractivity contribution >= 4 is 11.0 Å². The lowest BCUT2D eigenvalue weighted by atomic mass is 10.2. The zero-order valence-electron chi connectivity index (χ0n) is 13.2. The summed E-state index contributed by atoms with van der Waals surface area (Å²) in [5.74, 6) is 0. The average Bonchev–Trinajstić information content (AvgIpc) is 2.97. The van der Waals surface area contributed by atoms with Gasteiger partial charge in [0.05, 0.1) is 28.1 Å². The summed E-state index contributed by atoms with van der Waals surface area (Å²) in [7, 11) is 0. The first-order chi connectivity index (χ1) is 11.7. The fourth-order valence-electron chi connectivity index (χ4n) is 2.83. The molecular formula is C19H16N4O. The van der Waals surface area contributed by atoms with Gasteiger partial charge in [-0.05, 0) is 37.3 Å². The number of para-hydroxylation sites is 3. The summed E-state index contributed by atoms with van der Waals surface area (Å²) in [4.78, 5) is 19.8. The minimum absolute atomic E-state index is 0.160. The first-order valence-corrected chi connectivity index (χ1v) is 7.79. The quantitative estimate of drug-likeness (QED) is 0.632. The second-order valence-electron chi connectivity index (χ2n) is 5.73. The summed E-state index contributed by atoms with van der Waals surface area (Å²) in [6.07, 6.45) is 0.426. The van der Waals surface area contributed by atoms with E-state index in [9.17, 15) is 4.79 Å². The fourth-order valence-corrected chi connectivity index (χ4v) is 2.83. The van der Waals surface area contributed by atoms with Gasteiger partial charge in [0, 0.05) is 6.42 Å². The van der Waals surface area contributed by atoms with Crippen molar-refractivity contribution in [2.24, 2.45) is 0 Å². The molecule has 118 valence electrons. The molecule has 0 aliphatic heterocycles. The van der Waals surface area contributed by atoms with Crippen LogP contribution in [0.5, 0.6) is 0 Å². The number of rotatable bonds is 3. The maximum absolute atomic E-state index is 12.3. The van der Waals surface area contributed by atoms with E-state index in [1.54, 1.807) is 0 Å². The highest BCUT2D eigenvalue weighted by Gasteiger charge is 2.12. The van der Waals surface area contributed by atoms with Gasteiger partial charge in [-0.2, -0.15) is 5.10 Å². The smallest absolute Gasteiger partial charge is 0.270 e. The molecule has 2 aromatic heterocycles. The summed E-state index contributed by atoms with van der Waals surface area (Å²) in [5, 5.41) is 4.55. The number of hydrogen-bond donors (Lipinski definition) is 1. The maximum atomic E-state index is 12.3. The Labute approximate surface area is 138 Å². The second-order valence-corrected chi connectivity index (χ2v) is 5.73. The number of benzene rings is 2. The molecule has 0 fully saturated rings. The molecule has 0 saturated carbocycles. The van der Waals surface area contributed by atoms with E-state index in [-0.39, 0.29) is 5.56 Å². The van der Waals surface area contributed by atoms with Gasteiger partial charge in [-0.25, -0.2) is 9.67 Å². The Balaban J connectivity index is 1.79. The van der Waals surface area contributed by atoms with E-state index in [0.29, 0.717) is 12.1 Å². The molecule has 0 radical (unpaired) electrons. The third kappa shape index (κ3) is 2.60. The van der Waals surface area contributed by atoms with Crippen LogP contribution in [0.3, 0.4) is 0 Å². The molecule has 0 aliphatic rings. The monoisotopic (exact) mass is 316 g/mol. The number of H-pyrrole nitrogens is 1. The highest BCUT2D eigenvalue weighted by atomic mass is 16.1. The van der Waals surface area contributed by atoms with E-state index in [1.807, 2.05) is 72.3 Å². The third-order valence-corrected chi connectivity index (χ3v) is 3.92. The van der Waals surface area contributed by atoms with Gasteiger partial charge in [0.2, 0.25) is 0 Å². The number of nitrogens with zero attached hydrogens (tertiary/aromatic N) is 3. The van der Waals surface area contributed by atoms with Crippen LogP contribution in [0.15, 0.2) is 65.5 Å². The maximum Gasteiger partial charge on any atom is 0.270 e. The van der Waals surface area contributed by atoms with Crippen LogP contribution < -0.4 is 5.56 Å². The topological polar surface area (TPSA) is 63.6 Å². The van der Waals surface area contributed by atoms with E-state index in [4.69, 9.17) is 0 Å². The van der Waals surface area contributed by atoms with Gasteiger partial charge in [0.15, 0.2) is 0 Å². The Hall–Kier alpha value is -3.21. The number of aromatic amines is 1. The van der Waals surface area contributed by atoms with Gasteiger partial charge in [-0.3, -0.25) is 4.79 Å². The summed E-state index contributed by atoms with van der Waals surface area (Å²) < 4.78 is 1.87. The van der Waals surface area contributed by atoms with Crippen molar-refractivity contribution in [1.82, 2.24) is 19.7 Å². The Bertz CT molecular complexity index is 1060. The van der Waals surface area contributed by atoms with Crippen LogP contribution in [-0.2, 0) is 6.42 Å². The molecule has 5 nitrogen and oxygen atoms in total. The minimum atomic E-state index is -0.160. The first kappa shape index (κ1) is 14.4. The van der Waals surface area contributed by atoms with E-state index >= 15 is 0 Å². The Kier molecular flexibility index (Phi) is 3.46. The van der Waals surface area contributed by atoms with E-state index in [1.165, 1.54) is 0 Å². The molecule has 5 heteroatoms. The predicted molar refractivity (Wildman–Crippen MR) is 93.5 cm³/mol. The molecule has 0 amide bonds. The summed E-state index contributed by atoms with van der Waals surface area (Å²) in [5.41, 5.74) is 4.68. The van der Waals surface area contributed by atoms with Gasteiger partial charge in [0.25, 0.3) is 5.56 Å². The average molecular weight is 316 g/mol. The van der Waals surface area contributed by atoms with Crippen LogP contribution in [0.1, 0.15) is 17.1 Å². The molecule has 0 bridgehead atoms. The van der Waals surface area contributed by atoms with E-state index in [2.05, 4.69) is 15.1 Å². The third-order valence-electron chi connectivity index (χ3n) is 3.92. The minimum Gasteiger partial charge on any atom is -0.319 e. The molecule has 0 aliphatic carbocycles. The van der Waals surface area contributed by atoms with Gasteiger partial charge < -0.3 is 4.98 Å². The first-order valence-electron chi connectivity index (χ1n) is 7.79. The second kappa shape index (κ2) is 5.77. The summed E-state index contributed by atoms with van der Waals surface area (Å²) in [6, 6.07) is 19.4. The van der Waals surface area contributed by atoms with Gasteiger partial charge >= 0.3 is 0 Å². The SMILES string of the molecule is Cc1cc(Cc2nc3ccccc3[nH]c2=O)n(-c2ccccc2)n1. The van der Waals surface area contributed by atoms with Crippen molar-refractivity contribution < 1.29 is 0 Å². The summed E-state index contributed by atoms with van der Waals surface area (Å²) in [6.45, 7) is 1.95. The van der Waals surface area contributed by atoms with Crippen LogP contribution in [0, 0.1) is 6.92 Å². The van der Waals surface area contributed by atoms with Crippen molar-refractivity contribution in [1.29, 1.82) is 0 Å². The predicted octanol–water partition coefficient (Wildman–Crippen LogP) is 3.01. The van der Waals surface area contributed by atoms with Crippen LogP contribution in [-0.4, -0.2) is 19.7 Å². The fraction of sp³-hybridized carbons (Fsp3) is 0.105. The molecule has 4 aromatic rings. The molecule has 24 heavy (non-hydrogen) atoms. The normalized spacial score (nSPS) is 11.0. The highest BCUT2D eigenvalue weighted by molar-refractivity contribution is 5.73. The Morgan fingerprint density at radius 3 is 2.62 bits per heavy atom. The number of nitrogens with one attached hydrogen (secondary N) is 1. The highest BCUT2D eigenvalue weighted by Crippen LogP contribution is 2.15. The number of hydrogen-bond acceptors (Lipinski definition) is 3. The lowest BCUT2D eigenvalue weighted by Gasteiger charge is -2.07.